The third-order valence-corrected chi connectivity index (χ3v) is 10.8. The van der Waals surface area contributed by atoms with E-state index in [1.54, 1.807) is 24.3 Å². The Morgan fingerprint density at radius 2 is 1.07 bits per heavy atom. The van der Waals surface area contributed by atoms with E-state index in [0.717, 1.165) is 50.4 Å². The van der Waals surface area contributed by atoms with Crippen LogP contribution in [0.5, 0.6) is 0 Å². The molecule has 0 aliphatic carbocycles. The number of aromatic nitrogens is 4. The fraction of sp³-hybridized carbons (Fsp3) is 0.167. The number of H-pyrrole nitrogens is 2. The number of hydrogen-bond donors (Lipinski definition) is 5. The number of aromatic amines is 2. The fourth-order valence-electron chi connectivity index (χ4n) is 6.76. The number of nitrogens with one attached hydrogen (secondary N) is 5. The minimum absolute atomic E-state index is 0.0847. The van der Waals surface area contributed by atoms with Crippen molar-refractivity contribution in [2.24, 2.45) is 0 Å². The topological polar surface area (TPSA) is 128 Å². The summed E-state index contributed by atoms with van der Waals surface area (Å²) < 4.78 is 0. The number of rotatable bonds is 6. The van der Waals surface area contributed by atoms with Crippen molar-refractivity contribution >= 4 is 74.3 Å². The van der Waals surface area contributed by atoms with E-state index in [2.05, 4.69) is 89.8 Å². The van der Waals surface area contributed by atoms with Gasteiger partial charge in [-0.2, -0.15) is 0 Å². The second-order valence-corrected chi connectivity index (χ2v) is 16.5. The van der Waals surface area contributed by atoms with Crippen molar-refractivity contribution in [2.75, 3.05) is 16.0 Å². The number of benzene rings is 6. The first-order chi connectivity index (χ1) is 28.1. The van der Waals surface area contributed by atoms with Crippen LogP contribution < -0.4 is 16.0 Å². The summed E-state index contributed by atoms with van der Waals surface area (Å²) in [6.07, 6.45) is 0. The molecule has 11 heteroatoms. The van der Waals surface area contributed by atoms with Crippen LogP contribution in [0.25, 0.3) is 44.8 Å². The molecular formula is C48H45Cl2N7O2. The first kappa shape index (κ1) is 40.8. The molecule has 8 aromatic rings. The molecule has 0 saturated heterocycles. The maximum absolute atomic E-state index is 12.8. The molecule has 2 aromatic heterocycles. The van der Waals surface area contributed by atoms with Gasteiger partial charge in [0.1, 0.15) is 11.6 Å². The molecule has 0 bridgehead atoms. The molecule has 298 valence electrons. The highest BCUT2D eigenvalue weighted by Gasteiger charge is 2.16. The highest BCUT2D eigenvalue weighted by Crippen LogP contribution is 2.34. The molecule has 0 radical (unpaired) electrons. The van der Waals surface area contributed by atoms with Crippen LogP contribution >= 0.6 is 23.2 Å². The van der Waals surface area contributed by atoms with E-state index in [9.17, 15) is 9.59 Å². The lowest BCUT2D eigenvalue weighted by molar-refractivity contribution is 0.102. The zero-order chi connectivity index (χ0) is 42.0. The monoisotopic (exact) mass is 821 g/mol. The molecule has 9 nitrogen and oxygen atoms in total. The van der Waals surface area contributed by atoms with Crippen molar-refractivity contribution in [3.63, 3.8) is 0 Å². The fourth-order valence-corrected chi connectivity index (χ4v) is 7.33. The van der Waals surface area contributed by atoms with Gasteiger partial charge in [0.05, 0.1) is 37.7 Å². The predicted octanol–water partition coefficient (Wildman–Crippen LogP) is 13.2. The Morgan fingerprint density at radius 1 is 0.542 bits per heavy atom. The van der Waals surface area contributed by atoms with Crippen LogP contribution in [0, 0.1) is 27.7 Å². The number of amides is 3. The number of fused-ring (bicyclic) bond motifs is 2. The summed E-state index contributed by atoms with van der Waals surface area (Å²) >= 11 is 12.6. The number of carbonyl (C=O) groups is 2. The lowest BCUT2D eigenvalue weighted by Crippen LogP contribution is -2.19. The number of urea groups is 1. The second kappa shape index (κ2) is 16.8. The van der Waals surface area contributed by atoms with Gasteiger partial charge in [0, 0.05) is 28.2 Å². The van der Waals surface area contributed by atoms with Crippen LogP contribution in [0.4, 0.5) is 21.9 Å². The highest BCUT2D eigenvalue weighted by atomic mass is 35.5. The summed E-state index contributed by atoms with van der Waals surface area (Å²) in [6, 6.07) is 36.0. The minimum Gasteiger partial charge on any atom is -0.338 e. The van der Waals surface area contributed by atoms with Gasteiger partial charge in [-0.1, -0.05) is 86.4 Å². The molecule has 0 fully saturated rings. The molecule has 0 aliphatic rings. The average Bonchev–Trinajstić information content (AvgIpc) is 3.80. The molecule has 0 spiro atoms. The van der Waals surface area contributed by atoms with Crippen LogP contribution in [0.3, 0.4) is 0 Å². The average molecular weight is 823 g/mol. The van der Waals surface area contributed by atoms with E-state index < -0.39 is 0 Å². The molecule has 0 saturated carbocycles. The lowest BCUT2D eigenvalue weighted by atomic mass is 9.87. The Kier molecular flexibility index (Phi) is 11.6. The second-order valence-electron chi connectivity index (χ2n) is 15.7. The van der Waals surface area contributed by atoms with Gasteiger partial charge in [-0.15, -0.1) is 0 Å². The smallest absolute Gasteiger partial charge is 0.323 e. The van der Waals surface area contributed by atoms with Crippen LogP contribution in [0.15, 0.2) is 115 Å². The summed E-state index contributed by atoms with van der Waals surface area (Å²) in [5.74, 6) is 1.27. The van der Waals surface area contributed by atoms with Gasteiger partial charge in [-0.05, 0) is 134 Å². The van der Waals surface area contributed by atoms with E-state index in [1.165, 1.54) is 22.3 Å². The summed E-state index contributed by atoms with van der Waals surface area (Å²) in [6.45, 7) is 14.7. The lowest BCUT2D eigenvalue weighted by Gasteiger charge is -2.19. The van der Waals surface area contributed by atoms with E-state index in [-0.39, 0.29) is 17.4 Å². The summed E-state index contributed by atoms with van der Waals surface area (Å²) in [7, 11) is 0. The van der Waals surface area contributed by atoms with Crippen LogP contribution in [-0.2, 0) is 5.41 Å². The van der Waals surface area contributed by atoms with Gasteiger partial charge < -0.3 is 25.9 Å². The maximum atomic E-state index is 12.8. The van der Waals surface area contributed by atoms with E-state index in [4.69, 9.17) is 28.2 Å². The molecule has 59 heavy (non-hydrogen) atoms. The number of hydrogen-bond acceptors (Lipinski definition) is 4. The SMILES string of the molecule is Cc1ccc(NC(=O)Nc2ccc3nc(-c4c(Cl)cccc4Cl)[nH]c3c2)cc1C.Cc1cccc(C)c1-c1nc2ccc(C(=O)Nc3ccc(C(C)(C)C)cc3)cc2[nH]1. The van der Waals surface area contributed by atoms with Crippen molar-refractivity contribution in [1.29, 1.82) is 0 Å². The molecular weight excluding hydrogens is 777 g/mol. The van der Waals surface area contributed by atoms with Gasteiger partial charge in [0.15, 0.2) is 0 Å². The molecule has 5 N–H and O–H groups in total. The zero-order valence-corrected chi connectivity index (χ0v) is 35.4. The largest absolute Gasteiger partial charge is 0.338 e. The normalized spacial score (nSPS) is 11.3. The number of imidazole rings is 2. The summed E-state index contributed by atoms with van der Waals surface area (Å²) in [5.41, 5.74) is 13.7. The predicted molar refractivity (Wildman–Crippen MR) is 244 cm³/mol. The Balaban J connectivity index is 0.000000179. The van der Waals surface area contributed by atoms with E-state index in [1.807, 2.05) is 80.6 Å². The number of anilines is 3. The Morgan fingerprint density at radius 3 is 1.68 bits per heavy atom. The third kappa shape index (κ3) is 9.33. The van der Waals surface area contributed by atoms with Gasteiger partial charge in [0.2, 0.25) is 0 Å². The molecule has 3 amide bonds. The van der Waals surface area contributed by atoms with Gasteiger partial charge in [0.25, 0.3) is 5.91 Å². The quantitative estimate of drug-likeness (QED) is 0.114. The van der Waals surface area contributed by atoms with E-state index >= 15 is 0 Å². The van der Waals surface area contributed by atoms with Crippen LogP contribution in [0.2, 0.25) is 10.0 Å². The molecule has 8 rings (SSSR count). The summed E-state index contributed by atoms with van der Waals surface area (Å²) in [5, 5.41) is 9.70. The van der Waals surface area contributed by atoms with Crippen molar-refractivity contribution in [3.05, 3.63) is 159 Å². The Hall–Kier alpha value is -6.42. The van der Waals surface area contributed by atoms with Crippen molar-refractivity contribution < 1.29 is 9.59 Å². The maximum Gasteiger partial charge on any atom is 0.323 e. The molecule has 2 heterocycles. The first-order valence-electron chi connectivity index (χ1n) is 19.2. The van der Waals surface area contributed by atoms with Crippen molar-refractivity contribution in [2.45, 2.75) is 53.9 Å². The van der Waals surface area contributed by atoms with Crippen molar-refractivity contribution in [3.8, 4) is 22.8 Å². The minimum atomic E-state index is -0.318. The van der Waals surface area contributed by atoms with Gasteiger partial charge >= 0.3 is 6.03 Å². The molecule has 0 unspecified atom stereocenters. The standard InChI is InChI=1S/C26H27N3O.C22H18Cl2N4O/c1-16-7-6-8-17(2)23(16)24-28-21-14-9-18(15-22(21)29-24)25(30)27-20-12-10-19(11-13-20)26(3,4)5;1-12-6-7-14(10-13(12)2)25-22(29)26-15-8-9-18-19(11-15)28-21(27-18)20-16(23)4-3-5-17(20)24/h6-15H,1-5H3,(H,27,30)(H,28,29);3-11H,1-2H3,(H,27,28)(H2,25,26,29). The Bertz CT molecular complexity index is 2810. The number of halogens is 2. The molecule has 0 aliphatic heterocycles. The van der Waals surface area contributed by atoms with Crippen molar-refractivity contribution in [1.82, 2.24) is 19.9 Å². The Labute approximate surface area is 353 Å². The van der Waals surface area contributed by atoms with E-state index in [0.29, 0.717) is 32.7 Å². The number of aryl methyl sites for hydroxylation is 4. The zero-order valence-electron chi connectivity index (χ0n) is 33.9. The van der Waals surface area contributed by atoms with Crippen LogP contribution in [0.1, 0.15) is 58.9 Å². The third-order valence-electron chi connectivity index (χ3n) is 10.2. The van der Waals surface area contributed by atoms with Crippen LogP contribution in [-0.4, -0.2) is 31.9 Å². The van der Waals surface area contributed by atoms with Gasteiger partial charge in [-0.25, -0.2) is 14.8 Å². The first-order valence-corrected chi connectivity index (χ1v) is 20.0. The highest BCUT2D eigenvalue weighted by molar-refractivity contribution is 6.39. The number of carbonyl (C=O) groups excluding carboxylic acids is 2. The molecule has 6 aromatic carbocycles. The summed E-state index contributed by atoms with van der Waals surface area (Å²) in [4.78, 5) is 41.0. The number of nitrogens with zero attached hydrogens (tertiary/aromatic N) is 2. The molecule has 0 atom stereocenters. The van der Waals surface area contributed by atoms with Gasteiger partial charge in [-0.3, -0.25) is 4.79 Å².